The summed E-state index contributed by atoms with van der Waals surface area (Å²) in [4.78, 5) is 3.28. The van der Waals surface area contributed by atoms with Crippen molar-refractivity contribution in [3.63, 3.8) is 0 Å². The summed E-state index contributed by atoms with van der Waals surface area (Å²) in [6, 6.07) is 7.12. The molecule has 1 aromatic carbocycles. The number of hydrogen-bond acceptors (Lipinski definition) is 3. The topological polar surface area (TPSA) is 48.1 Å². The molecule has 0 fully saturated rings. The van der Waals surface area contributed by atoms with Crippen LogP contribution in [0.2, 0.25) is 0 Å². The molecule has 0 saturated carbocycles. The summed E-state index contributed by atoms with van der Waals surface area (Å²) < 4.78 is 56.1. The standard InChI is InChI=1S/C13H10F4N2O/c14-9-6-8(7-18)4-5-10(9)20-12-3-1-2-11(19-12)13(15,16)17/h1-6H,7,18H2. The highest BCUT2D eigenvalue weighted by Crippen LogP contribution is 2.30. The van der Waals surface area contributed by atoms with E-state index in [1.807, 2.05) is 0 Å². The molecule has 0 atom stereocenters. The van der Waals surface area contributed by atoms with Gasteiger partial charge in [0.1, 0.15) is 5.69 Å². The largest absolute Gasteiger partial charge is 0.436 e. The molecule has 0 aliphatic rings. The van der Waals surface area contributed by atoms with Crippen LogP contribution < -0.4 is 10.5 Å². The van der Waals surface area contributed by atoms with Crippen LogP contribution in [0, 0.1) is 5.82 Å². The van der Waals surface area contributed by atoms with Crippen LogP contribution in [-0.4, -0.2) is 4.98 Å². The summed E-state index contributed by atoms with van der Waals surface area (Å²) in [6.07, 6.45) is -4.58. The summed E-state index contributed by atoms with van der Waals surface area (Å²) in [5.41, 5.74) is 4.79. The minimum Gasteiger partial charge on any atom is -0.436 e. The third-order valence-corrected chi connectivity index (χ3v) is 2.46. The van der Waals surface area contributed by atoms with Crippen LogP contribution >= 0.6 is 0 Å². The Labute approximate surface area is 112 Å². The van der Waals surface area contributed by atoms with Gasteiger partial charge >= 0.3 is 6.18 Å². The van der Waals surface area contributed by atoms with Crippen molar-refractivity contribution in [3.8, 4) is 11.6 Å². The van der Waals surface area contributed by atoms with Gasteiger partial charge in [-0.25, -0.2) is 9.37 Å². The maximum atomic E-state index is 13.6. The normalized spacial score (nSPS) is 11.4. The zero-order valence-corrected chi connectivity index (χ0v) is 10.1. The van der Waals surface area contributed by atoms with E-state index >= 15 is 0 Å². The highest BCUT2D eigenvalue weighted by Gasteiger charge is 2.32. The summed E-state index contributed by atoms with van der Waals surface area (Å²) in [5.74, 6) is -1.26. The molecule has 0 amide bonds. The average Bonchev–Trinajstić information content (AvgIpc) is 2.40. The quantitative estimate of drug-likeness (QED) is 0.879. The number of halogens is 4. The van der Waals surface area contributed by atoms with Gasteiger partial charge in [0.15, 0.2) is 11.6 Å². The molecular weight excluding hydrogens is 276 g/mol. The molecule has 0 aliphatic heterocycles. The lowest BCUT2D eigenvalue weighted by atomic mass is 10.2. The monoisotopic (exact) mass is 286 g/mol. The SMILES string of the molecule is NCc1ccc(Oc2cccc(C(F)(F)F)n2)c(F)c1. The van der Waals surface area contributed by atoms with E-state index in [0.717, 1.165) is 18.2 Å². The van der Waals surface area contributed by atoms with Crippen LogP contribution in [0.3, 0.4) is 0 Å². The Kier molecular flexibility index (Phi) is 3.89. The number of hydrogen-bond donors (Lipinski definition) is 1. The Bertz CT molecular complexity index is 614. The average molecular weight is 286 g/mol. The van der Waals surface area contributed by atoms with Crippen LogP contribution in [0.25, 0.3) is 0 Å². The predicted molar refractivity (Wildman–Crippen MR) is 63.6 cm³/mol. The van der Waals surface area contributed by atoms with Crippen LogP contribution in [0.15, 0.2) is 36.4 Å². The fourth-order valence-electron chi connectivity index (χ4n) is 1.50. The van der Waals surface area contributed by atoms with Gasteiger partial charge in [0.25, 0.3) is 0 Å². The van der Waals surface area contributed by atoms with Crippen molar-refractivity contribution in [3.05, 3.63) is 53.5 Å². The number of nitrogens with zero attached hydrogens (tertiary/aromatic N) is 1. The van der Waals surface area contributed by atoms with E-state index in [1.54, 1.807) is 0 Å². The van der Waals surface area contributed by atoms with Crippen LogP contribution in [-0.2, 0) is 12.7 Å². The van der Waals surface area contributed by atoms with E-state index in [2.05, 4.69) is 4.98 Å². The van der Waals surface area contributed by atoms with E-state index < -0.39 is 17.7 Å². The van der Waals surface area contributed by atoms with E-state index in [9.17, 15) is 17.6 Å². The van der Waals surface area contributed by atoms with Gasteiger partial charge in [0.2, 0.25) is 5.88 Å². The molecule has 1 aromatic heterocycles. The van der Waals surface area contributed by atoms with Gasteiger partial charge in [-0.05, 0) is 23.8 Å². The first kappa shape index (κ1) is 14.3. The molecule has 3 nitrogen and oxygen atoms in total. The van der Waals surface area contributed by atoms with Crippen LogP contribution in [0.1, 0.15) is 11.3 Å². The van der Waals surface area contributed by atoms with Gasteiger partial charge in [-0.1, -0.05) is 12.1 Å². The molecule has 0 aliphatic carbocycles. The first-order chi connectivity index (χ1) is 9.40. The molecule has 0 unspecified atom stereocenters. The molecule has 0 saturated heterocycles. The molecular formula is C13H10F4N2O. The lowest BCUT2D eigenvalue weighted by molar-refractivity contribution is -0.141. The predicted octanol–water partition coefficient (Wildman–Crippen LogP) is 3.49. The molecule has 0 spiro atoms. The van der Waals surface area contributed by atoms with Gasteiger partial charge in [-0.15, -0.1) is 0 Å². The Morgan fingerprint density at radius 3 is 2.50 bits per heavy atom. The number of rotatable bonds is 3. The first-order valence-corrected chi connectivity index (χ1v) is 5.61. The molecule has 2 N–H and O–H groups in total. The van der Waals surface area contributed by atoms with Crippen molar-refractivity contribution in [1.29, 1.82) is 0 Å². The number of aromatic nitrogens is 1. The van der Waals surface area contributed by atoms with Crippen molar-refractivity contribution in [1.82, 2.24) is 4.98 Å². The molecule has 7 heteroatoms. The fraction of sp³-hybridized carbons (Fsp3) is 0.154. The molecule has 106 valence electrons. The smallest absolute Gasteiger partial charge is 0.433 e. The zero-order valence-electron chi connectivity index (χ0n) is 10.1. The van der Waals surface area contributed by atoms with E-state index in [-0.39, 0.29) is 18.2 Å². The van der Waals surface area contributed by atoms with Gasteiger partial charge in [-0.3, -0.25) is 0 Å². The lowest BCUT2D eigenvalue weighted by Gasteiger charge is -2.09. The summed E-state index contributed by atoms with van der Waals surface area (Å²) in [7, 11) is 0. The summed E-state index contributed by atoms with van der Waals surface area (Å²) in [6.45, 7) is 0.152. The molecule has 2 aromatic rings. The van der Waals surface area contributed by atoms with Gasteiger partial charge in [0.05, 0.1) is 0 Å². The number of ether oxygens (including phenoxy) is 1. The Balaban J connectivity index is 2.26. The van der Waals surface area contributed by atoms with Crippen molar-refractivity contribution in [2.75, 3.05) is 0 Å². The van der Waals surface area contributed by atoms with Gasteiger partial charge < -0.3 is 10.5 Å². The van der Waals surface area contributed by atoms with Crippen LogP contribution in [0.4, 0.5) is 17.6 Å². The maximum absolute atomic E-state index is 13.6. The van der Waals surface area contributed by atoms with Crippen molar-refractivity contribution in [2.45, 2.75) is 12.7 Å². The lowest BCUT2D eigenvalue weighted by Crippen LogP contribution is -2.08. The second-order valence-corrected chi connectivity index (χ2v) is 3.93. The minimum atomic E-state index is -4.58. The molecule has 2 rings (SSSR count). The zero-order chi connectivity index (χ0) is 14.8. The molecule has 0 radical (unpaired) electrons. The number of pyridine rings is 1. The van der Waals surface area contributed by atoms with Crippen molar-refractivity contribution < 1.29 is 22.3 Å². The van der Waals surface area contributed by atoms with Crippen LogP contribution in [0.5, 0.6) is 11.6 Å². The fourth-order valence-corrected chi connectivity index (χ4v) is 1.50. The summed E-state index contributed by atoms with van der Waals surface area (Å²) >= 11 is 0. The molecule has 20 heavy (non-hydrogen) atoms. The number of benzene rings is 1. The highest BCUT2D eigenvalue weighted by molar-refractivity contribution is 5.32. The third-order valence-electron chi connectivity index (χ3n) is 2.46. The van der Waals surface area contributed by atoms with E-state index in [4.69, 9.17) is 10.5 Å². The van der Waals surface area contributed by atoms with Gasteiger partial charge in [-0.2, -0.15) is 13.2 Å². The third kappa shape index (κ3) is 3.24. The first-order valence-electron chi connectivity index (χ1n) is 5.61. The van der Waals surface area contributed by atoms with Gasteiger partial charge in [0, 0.05) is 12.6 Å². The second-order valence-electron chi connectivity index (χ2n) is 3.93. The number of alkyl halides is 3. The van der Waals surface area contributed by atoms with E-state index in [1.165, 1.54) is 18.2 Å². The second kappa shape index (κ2) is 5.46. The highest BCUT2D eigenvalue weighted by atomic mass is 19.4. The Hall–Kier alpha value is -2.15. The van der Waals surface area contributed by atoms with Crippen molar-refractivity contribution >= 4 is 0 Å². The Morgan fingerprint density at radius 2 is 1.90 bits per heavy atom. The molecule has 0 bridgehead atoms. The summed E-state index contributed by atoms with van der Waals surface area (Å²) in [5, 5.41) is 0. The van der Waals surface area contributed by atoms with Crippen molar-refractivity contribution in [2.24, 2.45) is 5.73 Å². The van der Waals surface area contributed by atoms with E-state index in [0.29, 0.717) is 5.56 Å². The minimum absolute atomic E-state index is 0.152. The Morgan fingerprint density at radius 1 is 1.15 bits per heavy atom. The molecule has 1 heterocycles. The number of nitrogens with two attached hydrogens (primary N) is 1. The maximum Gasteiger partial charge on any atom is 0.433 e.